The van der Waals surface area contributed by atoms with Crippen molar-refractivity contribution in [2.75, 3.05) is 0 Å². The topological polar surface area (TPSA) is 57.5 Å². The summed E-state index contributed by atoms with van der Waals surface area (Å²) in [7, 11) is 0. The summed E-state index contributed by atoms with van der Waals surface area (Å²) in [6.45, 7) is 4.19. The van der Waals surface area contributed by atoms with Crippen LogP contribution in [0.15, 0.2) is 0 Å². The van der Waals surface area contributed by atoms with Crippen molar-refractivity contribution in [2.45, 2.75) is 64.4 Å². The summed E-state index contributed by atoms with van der Waals surface area (Å²) in [4.78, 5) is 11.6. The van der Waals surface area contributed by atoms with E-state index in [0.29, 0.717) is 25.7 Å². The van der Waals surface area contributed by atoms with Crippen molar-refractivity contribution < 1.29 is 15.0 Å². The van der Waals surface area contributed by atoms with Gasteiger partial charge in [-0.2, -0.15) is 0 Å². The molecule has 0 aromatic carbocycles. The highest BCUT2D eigenvalue weighted by Gasteiger charge is 2.63. The average molecular weight is 226 g/mol. The molecule has 0 amide bonds. The molecule has 2 rings (SSSR count). The first-order chi connectivity index (χ1) is 7.31. The van der Waals surface area contributed by atoms with Gasteiger partial charge >= 0.3 is 5.97 Å². The molecule has 92 valence electrons. The first kappa shape index (κ1) is 11.9. The molecule has 16 heavy (non-hydrogen) atoms. The maximum Gasteiger partial charge on any atom is 0.312 e. The molecule has 3 nitrogen and oxygen atoms in total. The number of carboxylic acid groups (broad SMARTS) is 1. The summed E-state index contributed by atoms with van der Waals surface area (Å²) in [6.07, 6.45) is 5.54. The van der Waals surface area contributed by atoms with E-state index in [2.05, 4.69) is 13.8 Å². The summed E-state index contributed by atoms with van der Waals surface area (Å²) in [5, 5.41) is 20.1. The standard InChI is InChI=1S/C13H22O3/c1-11(2)8-13(16,9-11)12(10(14)15)6-4-3-5-7-12/h16H,3-9H2,1-2H3,(H,14,15). The van der Waals surface area contributed by atoms with Crippen molar-refractivity contribution >= 4 is 5.97 Å². The molecule has 0 aromatic rings. The number of hydrogen-bond donors (Lipinski definition) is 2. The third kappa shape index (κ3) is 1.56. The van der Waals surface area contributed by atoms with E-state index < -0.39 is 17.0 Å². The van der Waals surface area contributed by atoms with Crippen molar-refractivity contribution in [3.8, 4) is 0 Å². The molecule has 2 N–H and O–H groups in total. The van der Waals surface area contributed by atoms with Crippen LogP contribution in [0.4, 0.5) is 0 Å². The van der Waals surface area contributed by atoms with Gasteiger partial charge in [-0.1, -0.05) is 33.1 Å². The Labute approximate surface area is 96.9 Å². The number of rotatable bonds is 2. The van der Waals surface area contributed by atoms with E-state index in [1.54, 1.807) is 0 Å². The summed E-state index contributed by atoms with van der Waals surface area (Å²) in [6, 6.07) is 0. The zero-order valence-electron chi connectivity index (χ0n) is 10.3. The second-order valence-electron chi connectivity index (χ2n) is 6.50. The van der Waals surface area contributed by atoms with Crippen LogP contribution in [-0.4, -0.2) is 21.8 Å². The minimum Gasteiger partial charge on any atom is -0.481 e. The lowest BCUT2D eigenvalue weighted by Crippen LogP contribution is -2.63. The lowest BCUT2D eigenvalue weighted by atomic mass is 9.48. The van der Waals surface area contributed by atoms with Gasteiger partial charge in [0.25, 0.3) is 0 Å². The maximum absolute atomic E-state index is 11.6. The van der Waals surface area contributed by atoms with E-state index in [0.717, 1.165) is 19.3 Å². The Morgan fingerprint density at radius 3 is 1.94 bits per heavy atom. The smallest absolute Gasteiger partial charge is 0.312 e. The molecule has 0 spiro atoms. The second-order valence-corrected chi connectivity index (χ2v) is 6.50. The van der Waals surface area contributed by atoms with Gasteiger partial charge in [0.1, 0.15) is 0 Å². The van der Waals surface area contributed by atoms with Gasteiger partial charge in [0.2, 0.25) is 0 Å². The minimum absolute atomic E-state index is 0.106. The Bertz CT molecular complexity index is 292. The summed E-state index contributed by atoms with van der Waals surface area (Å²) >= 11 is 0. The summed E-state index contributed by atoms with van der Waals surface area (Å²) in [5.74, 6) is -0.787. The number of aliphatic hydroxyl groups is 1. The summed E-state index contributed by atoms with van der Waals surface area (Å²) < 4.78 is 0. The Morgan fingerprint density at radius 1 is 1.06 bits per heavy atom. The molecule has 0 heterocycles. The van der Waals surface area contributed by atoms with E-state index >= 15 is 0 Å². The number of carboxylic acids is 1. The Kier molecular flexibility index (Phi) is 2.57. The van der Waals surface area contributed by atoms with E-state index in [9.17, 15) is 15.0 Å². The van der Waals surface area contributed by atoms with Gasteiger partial charge in [-0.05, 0) is 31.1 Å². The van der Waals surface area contributed by atoms with Crippen molar-refractivity contribution in [2.24, 2.45) is 10.8 Å². The molecular weight excluding hydrogens is 204 g/mol. The minimum atomic E-state index is -0.956. The normalized spacial score (nSPS) is 30.4. The fourth-order valence-corrected chi connectivity index (χ4v) is 3.90. The number of hydrogen-bond acceptors (Lipinski definition) is 2. The van der Waals surface area contributed by atoms with Gasteiger partial charge in [0, 0.05) is 0 Å². The highest BCUT2D eigenvalue weighted by Crippen LogP contribution is 2.60. The van der Waals surface area contributed by atoms with E-state index in [1.165, 1.54) is 0 Å². The highest BCUT2D eigenvalue weighted by molar-refractivity contribution is 5.77. The molecule has 0 aromatic heterocycles. The molecule has 0 radical (unpaired) electrons. The first-order valence-electron chi connectivity index (χ1n) is 6.27. The van der Waals surface area contributed by atoms with Crippen molar-refractivity contribution in [3.05, 3.63) is 0 Å². The van der Waals surface area contributed by atoms with Crippen LogP contribution in [0.3, 0.4) is 0 Å². The molecule has 0 bridgehead atoms. The first-order valence-corrected chi connectivity index (χ1v) is 6.27. The lowest BCUT2D eigenvalue weighted by molar-refractivity contribution is -0.217. The van der Waals surface area contributed by atoms with Crippen LogP contribution in [0, 0.1) is 10.8 Å². The van der Waals surface area contributed by atoms with Crippen LogP contribution in [0.1, 0.15) is 58.8 Å². The van der Waals surface area contributed by atoms with Crippen molar-refractivity contribution in [1.29, 1.82) is 0 Å². The largest absolute Gasteiger partial charge is 0.481 e. The molecule has 2 fully saturated rings. The molecule has 0 atom stereocenters. The third-order valence-electron chi connectivity index (χ3n) is 4.55. The zero-order valence-corrected chi connectivity index (χ0v) is 10.3. The molecule has 0 aliphatic heterocycles. The Morgan fingerprint density at radius 2 is 1.56 bits per heavy atom. The van der Waals surface area contributed by atoms with Gasteiger partial charge in [0.05, 0.1) is 11.0 Å². The van der Waals surface area contributed by atoms with Gasteiger partial charge in [0.15, 0.2) is 0 Å². The molecule has 2 aliphatic carbocycles. The van der Waals surface area contributed by atoms with Crippen LogP contribution in [0.5, 0.6) is 0 Å². The molecule has 0 unspecified atom stereocenters. The van der Waals surface area contributed by atoms with E-state index in [-0.39, 0.29) is 5.41 Å². The summed E-state index contributed by atoms with van der Waals surface area (Å²) in [5.41, 5.74) is -1.71. The van der Waals surface area contributed by atoms with Gasteiger partial charge < -0.3 is 10.2 Å². The van der Waals surface area contributed by atoms with Crippen molar-refractivity contribution in [1.82, 2.24) is 0 Å². The van der Waals surface area contributed by atoms with Gasteiger partial charge in [-0.3, -0.25) is 4.79 Å². The number of carbonyl (C=O) groups is 1. The lowest BCUT2D eigenvalue weighted by Gasteiger charge is -2.58. The average Bonchev–Trinajstić information content (AvgIpc) is 2.15. The fourth-order valence-electron chi connectivity index (χ4n) is 3.90. The maximum atomic E-state index is 11.6. The second kappa shape index (κ2) is 3.46. The molecule has 0 saturated heterocycles. The fraction of sp³-hybridized carbons (Fsp3) is 0.923. The quantitative estimate of drug-likeness (QED) is 0.760. The highest BCUT2D eigenvalue weighted by atomic mass is 16.4. The zero-order chi connectivity index (χ0) is 12.0. The molecule has 2 aliphatic rings. The molecule has 3 heteroatoms. The SMILES string of the molecule is CC1(C)CC(O)(C2(C(=O)O)CCCCC2)C1. The van der Waals surface area contributed by atoms with Gasteiger partial charge in [-0.25, -0.2) is 0 Å². The van der Waals surface area contributed by atoms with Crippen LogP contribution < -0.4 is 0 Å². The van der Waals surface area contributed by atoms with Gasteiger partial charge in [-0.15, -0.1) is 0 Å². The van der Waals surface area contributed by atoms with Crippen LogP contribution in [0.25, 0.3) is 0 Å². The Hall–Kier alpha value is -0.570. The van der Waals surface area contributed by atoms with E-state index in [1.807, 2.05) is 0 Å². The molecule has 2 saturated carbocycles. The predicted molar refractivity (Wildman–Crippen MR) is 61.1 cm³/mol. The van der Waals surface area contributed by atoms with Crippen LogP contribution in [0.2, 0.25) is 0 Å². The molecular formula is C13H22O3. The van der Waals surface area contributed by atoms with Crippen LogP contribution >= 0.6 is 0 Å². The van der Waals surface area contributed by atoms with Crippen molar-refractivity contribution in [3.63, 3.8) is 0 Å². The Balaban J connectivity index is 2.23. The van der Waals surface area contributed by atoms with E-state index in [4.69, 9.17) is 0 Å². The monoisotopic (exact) mass is 226 g/mol. The van der Waals surface area contributed by atoms with Crippen LogP contribution in [-0.2, 0) is 4.79 Å². The third-order valence-corrected chi connectivity index (χ3v) is 4.55. The number of aliphatic carboxylic acids is 1. The predicted octanol–water partition coefficient (Wildman–Crippen LogP) is 2.57.